The van der Waals surface area contributed by atoms with E-state index in [9.17, 15) is 18.0 Å². The number of nitrogens with one attached hydrogen (secondary N) is 3. The lowest BCUT2D eigenvalue weighted by molar-refractivity contribution is -0.118. The van der Waals surface area contributed by atoms with Crippen LogP contribution in [0.25, 0.3) is 0 Å². The number of benzene rings is 3. The maximum atomic E-state index is 13.3. The summed E-state index contributed by atoms with van der Waals surface area (Å²) in [7, 11) is -4.03. The number of hydrogen-bond acceptors (Lipinski definition) is 4. The minimum atomic E-state index is -4.03. The zero-order chi connectivity index (χ0) is 24.3. The number of anilines is 2. The van der Waals surface area contributed by atoms with Crippen molar-refractivity contribution in [1.29, 1.82) is 0 Å². The number of amides is 2. The van der Waals surface area contributed by atoms with Gasteiger partial charge in [-0.05, 0) is 59.4 Å². The van der Waals surface area contributed by atoms with Crippen molar-refractivity contribution in [2.45, 2.75) is 43.5 Å². The molecule has 0 saturated carbocycles. The van der Waals surface area contributed by atoms with Crippen molar-refractivity contribution in [3.8, 4) is 0 Å². The van der Waals surface area contributed by atoms with Gasteiger partial charge in [0, 0.05) is 17.8 Å². The van der Waals surface area contributed by atoms with E-state index in [1.807, 2.05) is 24.3 Å². The Labute approximate surface area is 199 Å². The molecule has 1 atom stereocenters. The largest absolute Gasteiger partial charge is 0.326 e. The van der Waals surface area contributed by atoms with E-state index in [1.165, 1.54) is 6.07 Å². The van der Waals surface area contributed by atoms with Crippen molar-refractivity contribution in [2.75, 3.05) is 10.6 Å². The second-order valence-corrected chi connectivity index (χ2v) is 10.3. The Morgan fingerprint density at radius 1 is 0.912 bits per heavy atom. The third-order valence-corrected chi connectivity index (χ3v) is 7.22. The van der Waals surface area contributed by atoms with Gasteiger partial charge in [0.1, 0.15) is 6.04 Å². The summed E-state index contributed by atoms with van der Waals surface area (Å²) in [5, 5.41) is 5.57. The number of fused-ring (bicyclic) bond motifs is 1. The number of hydrogen-bond donors (Lipinski definition) is 3. The first-order valence-electron chi connectivity index (χ1n) is 11.1. The van der Waals surface area contributed by atoms with Crippen LogP contribution in [0.2, 0.25) is 0 Å². The molecule has 176 valence electrons. The number of sulfonamides is 1. The second-order valence-electron chi connectivity index (χ2n) is 8.60. The van der Waals surface area contributed by atoms with Crippen molar-refractivity contribution < 1.29 is 18.0 Å². The van der Waals surface area contributed by atoms with Crippen LogP contribution in [-0.4, -0.2) is 20.2 Å². The van der Waals surface area contributed by atoms with Gasteiger partial charge in [-0.15, -0.1) is 0 Å². The van der Waals surface area contributed by atoms with E-state index in [2.05, 4.69) is 29.2 Å². The fourth-order valence-electron chi connectivity index (χ4n) is 3.83. The molecular weight excluding hydrogens is 450 g/mol. The van der Waals surface area contributed by atoms with Crippen LogP contribution in [0.3, 0.4) is 0 Å². The van der Waals surface area contributed by atoms with Crippen LogP contribution >= 0.6 is 0 Å². The smallest absolute Gasteiger partial charge is 0.247 e. The highest BCUT2D eigenvalue weighted by molar-refractivity contribution is 7.89. The minimum Gasteiger partial charge on any atom is -0.326 e. The van der Waals surface area contributed by atoms with Gasteiger partial charge in [-0.25, -0.2) is 8.42 Å². The molecule has 34 heavy (non-hydrogen) atoms. The fraction of sp³-hybridized carbons (Fsp3) is 0.231. The van der Waals surface area contributed by atoms with Gasteiger partial charge in [-0.2, -0.15) is 4.72 Å². The first-order valence-corrected chi connectivity index (χ1v) is 12.6. The zero-order valence-corrected chi connectivity index (χ0v) is 19.9. The molecule has 1 aliphatic heterocycles. The van der Waals surface area contributed by atoms with Gasteiger partial charge in [-0.1, -0.05) is 56.3 Å². The number of aryl methyl sites for hydroxylation is 1. The molecule has 3 N–H and O–H groups in total. The molecule has 2 amide bonds. The van der Waals surface area contributed by atoms with Crippen LogP contribution in [-0.2, 0) is 26.0 Å². The summed E-state index contributed by atoms with van der Waals surface area (Å²) in [6, 6.07) is 19.6. The summed E-state index contributed by atoms with van der Waals surface area (Å²) in [6.07, 6.45) is 0.758. The minimum absolute atomic E-state index is 0.0393. The molecule has 3 aromatic carbocycles. The molecule has 0 aromatic heterocycles. The fourth-order valence-corrected chi connectivity index (χ4v) is 5.07. The van der Waals surface area contributed by atoms with Crippen molar-refractivity contribution >= 4 is 33.2 Å². The van der Waals surface area contributed by atoms with Crippen molar-refractivity contribution in [3.63, 3.8) is 0 Å². The van der Waals surface area contributed by atoms with E-state index in [1.54, 1.807) is 42.5 Å². The summed E-state index contributed by atoms with van der Waals surface area (Å²) in [4.78, 5) is 24.9. The van der Waals surface area contributed by atoms with E-state index in [0.717, 1.165) is 11.1 Å². The highest BCUT2D eigenvalue weighted by Gasteiger charge is 2.28. The van der Waals surface area contributed by atoms with Gasteiger partial charge < -0.3 is 10.6 Å². The van der Waals surface area contributed by atoms with Gasteiger partial charge >= 0.3 is 0 Å². The molecule has 0 unspecified atom stereocenters. The molecule has 8 heteroatoms. The lowest BCUT2D eigenvalue weighted by atomic mass is 10.0. The van der Waals surface area contributed by atoms with E-state index in [0.29, 0.717) is 35.7 Å². The Bertz CT molecular complexity index is 1300. The van der Waals surface area contributed by atoms with E-state index in [-0.39, 0.29) is 10.8 Å². The maximum absolute atomic E-state index is 13.3. The normalized spacial score (nSPS) is 14.3. The Morgan fingerprint density at radius 3 is 2.29 bits per heavy atom. The molecule has 0 saturated heterocycles. The Balaban J connectivity index is 1.60. The topological polar surface area (TPSA) is 104 Å². The van der Waals surface area contributed by atoms with Crippen LogP contribution in [0.15, 0.2) is 77.7 Å². The number of carbonyl (C=O) groups excluding carboxylic acids is 2. The van der Waals surface area contributed by atoms with Crippen LogP contribution in [0.5, 0.6) is 0 Å². The van der Waals surface area contributed by atoms with Gasteiger partial charge in [-0.3, -0.25) is 9.59 Å². The average molecular weight is 478 g/mol. The lowest BCUT2D eigenvalue weighted by Gasteiger charge is -2.21. The Kier molecular flexibility index (Phi) is 6.81. The predicted molar refractivity (Wildman–Crippen MR) is 132 cm³/mol. The van der Waals surface area contributed by atoms with Gasteiger partial charge in [0.2, 0.25) is 21.8 Å². The second kappa shape index (κ2) is 9.79. The highest BCUT2D eigenvalue weighted by atomic mass is 32.2. The quantitative estimate of drug-likeness (QED) is 0.470. The number of carbonyl (C=O) groups is 2. The lowest BCUT2D eigenvalue weighted by Crippen LogP contribution is -2.37. The summed E-state index contributed by atoms with van der Waals surface area (Å²) in [6.45, 7) is 4.17. The van der Waals surface area contributed by atoms with E-state index < -0.39 is 22.0 Å². The molecule has 1 aliphatic rings. The first-order chi connectivity index (χ1) is 16.2. The summed E-state index contributed by atoms with van der Waals surface area (Å²) in [5.41, 5.74) is 3.60. The molecule has 0 fully saturated rings. The van der Waals surface area contributed by atoms with E-state index in [4.69, 9.17) is 0 Å². The Hall–Kier alpha value is -3.49. The molecule has 1 heterocycles. The molecule has 4 rings (SSSR count). The molecule has 0 aliphatic carbocycles. The van der Waals surface area contributed by atoms with Crippen LogP contribution in [0.1, 0.15) is 48.9 Å². The summed E-state index contributed by atoms with van der Waals surface area (Å²) in [5.74, 6) is -0.223. The van der Waals surface area contributed by atoms with Gasteiger partial charge in [0.15, 0.2) is 0 Å². The highest BCUT2D eigenvalue weighted by Crippen LogP contribution is 2.27. The standard InChI is InChI=1S/C26H27N3O4S/c1-17(2)18-8-11-21(12-9-18)27-26(31)25(19-6-4-3-5-7-19)29-34(32,33)22-13-14-23-20(16-22)10-15-24(30)28-23/h3-9,11-14,16-17,25,29H,10,15H2,1-2H3,(H,27,31)(H,28,30)/t25-/m0/s1. The molecule has 7 nitrogen and oxygen atoms in total. The summed E-state index contributed by atoms with van der Waals surface area (Å²) >= 11 is 0. The van der Waals surface area contributed by atoms with Crippen molar-refractivity contribution in [1.82, 2.24) is 4.72 Å². The van der Waals surface area contributed by atoms with E-state index >= 15 is 0 Å². The Morgan fingerprint density at radius 2 is 1.62 bits per heavy atom. The molecule has 0 spiro atoms. The van der Waals surface area contributed by atoms with Crippen molar-refractivity contribution in [3.05, 3.63) is 89.5 Å². The van der Waals surface area contributed by atoms with Crippen molar-refractivity contribution in [2.24, 2.45) is 0 Å². The van der Waals surface area contributed by atoms with Gasteiger partial charge in [0.05, 0.1) is 4.90 Å². The SMILES string of the molecule is CC(C)c1ccc(NC(=O)[C@@H](NS(=O)(=O)c2ccc3c(c2)CCC(=O)N3)c2ccccc2)cc1. The van der Waals surface area contributed by atoms with Gasteiger partial charge in [0.25, 0.3) is 0 Å². The molecule has 0 radical (unpaired) electrons. The first kappa shape index (κ1) is 23.7. The maximum Gasteiger partial charge on any atom is 0.247 e. The predicted octanol–water partition coefficient (Wildman–Crippen LogP) is 4.35. The molecular formula is C26H27N3O4S. The monoisotopic (exact) mass is 477 g/mol. The van der Waals surface area contributed by atoms with Crippen LogP contribution in [0, 0.1) is 0 Å². The molecule has 0 bridgehead atoms. The average Bonchev–Trinajstić information content (AvgIpc) is 2.83. The van der Waals surface area contributed by atoms with Crippen LogP contribution in [0.4, 0.5) is 11.4 Å². The third kappa shape index (κ3) is 5.35. The third-order valence-electron chi connectivity index (χ3n) is 5.80. The zero-order valence-electron chi connectivity index (χ0n) is 19.0. The number of rotatable bonds is 7. The van der Waals surface area contributed by atoms with Crippen LogP contribution < -0.4 is 15.4 Å². The molecule has 3 aromatic rings. The summed E-state index contributed by atoms with van der Waals surface area (Å²) < 4.78 is 29.1.